The van der Waals surface area contributed by atoms with Gasteiger partial charge in [0.2, 0.25) is 0 Å². The number of carbonyl (C=O) groups is 1. The minimum Gasteiger partial charge on any atom is -0.346 e. The Morgan fingerprint density at radius 1 is 1.38 bits per heavy atom. The van der Waals surface area contributed by atoms with E-state index in [1.54, 1.807) is 0 Å². The zero-order valence-corrected chi connectivity index (χ0v) is 14.2. The number of hydrogen-bond donors (Lipinski definition) is 1. The molecule has 6 heteroatoms. The number of hydrogen-bond acceptors (Lipinski definition) is 2. The van der Waals surface area contributed by atoms with Crippen LogP contribution < -0.4 is 5.32 Å². The molecule has 0 spiro atoms. The van der Waals surface area contributed by atoms with Crippen LogP contribution in [0.25, 0.3) is 0 Å². The Morgan fingerprint density at radius 2 is 2.08 bits per heavy atom. The molecule has 0 saturated carbocycles. The highest BCUT2D eigenvalue weighted by molar-refractivity contribution is 5.96. The molecule has 1 unspecified atom stereocenters. The topological polar surface area (TPSA) is 32.3 Å². The van der Waals surface area contributed by atoms with Gasteiger partial charge >= 0.3 is 6.18 Å². The van der Waals surface area contributed by atoms with Crippen molar-refractivity contribution in [2.45, 2.75) is 38.9 Å². The molecule has 1 amide bonds. The lowest BCUT2D eigenvalue weighted by atomic mass is 9.96. The number of rotatable bonds is 4. The van der Waals surface area contributed by atoms with Crippen molar-refractivity contribution >= 4 is 5.91 Å². The summed E-state index contributed by atoms with van der Waals surface area (Å²) in [6.45, 7) is 5.04. The molecule has 1 aliphatic rings. The van der Waals surface area contributed by atoms with E-state index in [0.29, 0.717) is 6.42 Å². The molecule has 0 aliphatic carbocycles. The van der Waals surface area contributed by atoms with Gasteiger partial charge in [-0.2, -0.15) is 13.2 Å². The third-order valence-corrected chi connectivity index (χ3v) is 4.49. The highest BCUT2D eigenvalue weighted by Crippen LogP contribution is 2.33. The lowest BCUT2D eigenvalue weighted by Crippen LogP contribution is -2.39. The van der Waals surface area contributed by atoms with Crippen LogP contribution in [-0.2, 0) is 6.18 Å². The normalized spacial score (nSPS) is 17.3. The predicted octanol–water partition coefficient (Wildman–Crippen LogP) is 3.78. The molecule has 1 N–H and O–H groups in total. The van der Waals surface area contributed by atoms with E-state index < -0.39 is 17.6 Å². The number of amides is 1. The SMILES string of the molecule is CCC(NC(=O)c1cccc(C(F)(F)F)c1C)C1=CCN(C)CC1. The third kappa shape index (κ3) is 4.17. The van der Waals surface area contributed by atoms with Crippen LogP contribution in [0, 0.1) is 6.92 Å². The van der Waals surface area contributed by atoms with Crippen molar-refractivity contribution in [2.24, 2.45) is 0 Å². The van der Waals surface area contributed by atoms with E-state index in [1.807, 2.05) is 14.0 Å². The number of alkyl halides is 3. The second kappa shape index (κ2) is 7.38. The van der Waals surface area contributed by atoms with Crippen molar-refractivity contribution < 1.29 is 18.0 Å². The minimum atomic E-state index is -4.46. The van der Waals surface area contributed by atoms with Crippen molar-refractivity contribution in [3.63, 3.8) is 0 Å². The summed E-state index contributed by atoms with van der Waals surface area (Å²) in [4.78, 5) is 14.7. The molecule has 0 fully saturated rings. The number of halogens is 3. The third-order valence-electron chi connectivity index (χ3n) is 4.49. The van der Waals surface area contributed by atoms with E-state index in [-0.39, 0.29) is 17.2 Å². The second-order valence-electron chi connectivity index (χ2n) is 6.20. The first-order valence-electron chi connectivity index (χ1n) is 8.09. The molecule has 3 nitrogen and oxygen atoms in total. The average Bonchev–Trinajstić information content (AvgIpc) is 2.52. The lowest BCUT2D eigenvalue weighted by molar-refractivity contribution is -0.138. The Morgan fingerprint density at radius 3 is 2.62 bits per heavy atom. The predicted molar refractivity (Wildman–Crippen MR) is 87.9 cm³/mol. The van der Waals surface area contributed by atoms with E-state index in [4.69, 9.17) is 0 Å². The Hall–Kier alpha value is -1.82. The molecular formula is C18H23F3N2O. The molecule has 1 atom stereocenters. The van der Waals surface area contributed by atoms with Gasteiger partial charge in [0.25, 0.3) is 5.91 Å². The molecule has 132 valence electrons. The Kier molecular flexibility index (Phi) is 5.70. The monoisotopic (exact) mass is 340 g/mol. The fourth-order valence-corrected chi connectivity index (χ4v) is 2.98. The summed E-state index contributed by atoms with van der Waals surface area (Å²) in [7, 11) is 2.03. The van der Waals surface area contributed by atoms with Crippen LogP contribution in [-0.4, -0.2) is 37.0 Å². The van der Waals surface area contributed by atoms with Crippen molar-refractivity contribution in [1.82, 2.24) is 10.2 Å². The Balaban J connectivity index is 2.20. The van der Waals surface area contributed by atoms with Crippen LogP contribution in [0.2, 0.25) is 0 Å². The molecule has 0 aromatic heterocycles. The van der Waals surface area contributed by atoms with E-state index in [9.17, 15) is 18.0 Å². The van der Waals surface area contributed by atoms with E-state index in [0.717, 1.165) is 31.1 Å². The van der Waals surface area contributed by atoms with Crippen LogP contribution in [0.15, 0.2) is 29.8 Å². The largest absolute Gasteiger partial charge is 0.416 e. The van der Waals surface area contributed by atoms with E-state index in [1.165, 1.54) is 19.1 Å². The van der Waals surface area contributed by atoms with Gasteiger partial charge in [-0.25, -0.2) is 0 Å². The number of nitrogens with zero attached hydrogens (tertiary/aromatic N) is 1. The van der Waals surface area contributed by atoms with Crippen LogP contribution in [0.3, 0.4) is 0 Å². The van der Waals surface area contributed by atoms with Crippen LogP contribution in [0.5, 0.6) is 0 Å². The summed E-state index contributed by atoms with van der Waals surface area (Å²) in [6, 6.07) is 3.58. The molecule has 1 heterocycles. The quantitative estimate of drug-likeness (QED) is 0.846. The zero-order chi connectivity index (χ0) is 17.9. The number of benzene rings is 1. The van der Waals surface area contributed by atoms with Crippen LogP contribution in [0.1, 0.15) is 41.3 Å². The van der Waals surface area contributed by atoms with Gasteiger partial charge in [-0.05, 0) is 50.1 Å². The van der Waals surface area contributed by atoms with Crippen LogP contribution in [0.4, 0.5) is 13.2 Å². The molecule has 0 bridgehead atoms. The first-order valence-corrected chi connectivity index (χ1v) is 8.09. The molecule has 0 radical (unpaired) electrons. The summed E-state index contributed by atoms with van der Waals surface area (Å²) < 4.78 is 39.0. The molecule has 0 saturated heterocycles. The molecule has 2 rings (SSSR count). The molecule has 1 aliphatic heterocycles. The standard InChI is InChI=1S/C18H23F3N2O/c1-4-16(13-8-10-23(3)11-9-13)22-17(24)14-6-5-7-15(12(14)2)18(19,20)21/h5-8,16H,4,9-11H2,1-3H3,(H,22,24). The highest BCUT2D eigenvalue weighted by Gasteiger charge is 2.33. The van der Waals surface area contributed by atoms with Gasteiger partial charge in [0.15, 0.2) is 0 Å². The first kappa shape index (κ1) is 18.5. The van der Waals surface area contributed by atoms with Crippen molar-refractivity contribution in [3.8, 4) is 0 Å². The Labute approximate surface area is 140 Å². The van der Waals surface area contributed by atoms with Gasteiger partial charge in [0.1, 0.15) is 0 Å². The average molecular weight is 340 g/mol. The summed E-state index contributed by atoms with van der Waals surface area (Å²) >= 11 is 0. The molecular weight excluding hydrogens is 317 g/mol. The Bertz CT molecular complexity index is 638. The van der Waals surface area contributed by atoms with Crippen molar-refractivity contribution in [2.75, 3.05) is 20.1 Å². The van der Waals surface area contributed by atoms with Gasteiger partial charge in [-0.15, -0.1) is 0 Å². The summed E-state index contributed by atoms with van der Waals surface area (Å²) in [5.41, 5.74) is 0.432. The maximum Gasteiger partial charge on any atom is 0.416 e. The summed E-state index contributed by atoms with van der Waals surface area (Å²) in [5.74, 6) is -0.453. The van der Waals surface area contributed by atoms with E-state index >= 15 is 0 Å². The number of likely N-dealkylation sites (N-methyl/N-ethyl adjacent to an activating group) is 1. The van der Waals surface area contributed by atoms with Crippen LogP contribution >= 0.6 is 0 Å². The highest BCUT2D eigenvalue weighted by atomic mass is 19.4. The summed E-state index contributed by atoms with van der Waals surface area (Å²) in [5, 5.41) is 2.89. The van der Waals surface area contributed by atoms with Crippen molar-refractivity contribution in [1.29, 1.82) is 0 Å². The van der Waals surface area contributed by atoms with E-state index in [2.05, 4.69) is 16.3 Å². The second-order valence-corrected chi connectivity index (χ2v) is 6.20. The van der Waals surface area contributed by atoms with Gasteiger partial charge in [0, 0.05) is 18.7 Å². The van der Waals surface area contributed by atoms with Gasteiger partial charge in [-0.3, -0.25) is 4.79 Å². The van der Waals surface area contributed by atoms with Gasteiger partial charge in [-0.1, -0.05) is 19.1 Å². The maximum atomic E-state index is 13.0. The summed E-state index contributed by atoms with van der Waals surface area (Å²) in [6.07, 6.45) is -0.798. The molecule has 24 heavy (non-hydrogen) atoms. The molecule has 1 aromatic carbocycles. The zero-order valence-electron chi connectivity index (χ0n) is 14.2. The van der Waals surface area contributed by atoms with Gasteiger partial charge < -0.3 is 10.2 Å². The fraction of sp³-hybridized carbons (Fsp3) is 0.500. The molecule has 1 aromatic rings. The lowest BCUT2D eigenvalue weighted by Gasteiger charge is -2.28. The van der Waals surface area contributed by atoms with Gasteiger partial charge in [0.05, 0.1) is 11.6 Å². The first-order chi connectivity index (χ1) is 11.2. The fourth-order valence-electron chi connectivity index (χ4n) is 2.98. The maximum absolute atomic E-state index is 13.0. The number of nitrogens with one attached hydrogen (secondary N) is 1. The minimum absolute atomic E-state index is 0.0327. The van der Waals surface area contributed by atoms with Crippen molar-refractivity contribution in [3.05, 3.63) is 46.5 Å². The smallest absolute Gasteiger partial charge is 0.346 e. The number of carbonyl (C=O) groups excluding carboxylic acids is 1.